The molecule has 0 saturated carbocycles. The average Bonchev–Trinajstić information content (AvgIpc) is 2.38. The highest BCUT2D eigenvalue weighted by molar-refractivity contribution is 5.83. The summed E-state index contributed by atoms with van der Waals surface area (Å²) in [5.74, 6) is 0. The van der Waals surface area contributed by atoms with Gasteiger partial charge in [-0.3, -0.25) is 4.79 Å². The number of nitrogens with one attached hydrogen (secondary N) is 1. The van der Waals surface area contributed by atoms with Gasteiger partial charge >= 0.3 is 0 Å². The fourth-order valence-corrected chi connectivity index (χ4v) is 2.73. The third kappa shape index (κ3) is 1.70. The molecule has 3 heteroatoms. The number of aromatic nitrogens is 1. The van der Waals surface area contributed by atoms with Crippen molar-refractivity contribution in [3.63, 3.8) is 0 Å². The number of benzene rings is 1. The number of anilines is 1. The molecule has 18 heavy (non-hydrogen) atoms. The van der Waals surface area contributed by atoms with Crippen LogP contribution in [0.4, 0.5) is 5.69 Å². The smallest absolute Gasteiger partial charge is 0.192 e. The normalized spacial score (nSPS) is 14.6. The van der Waals surface area contributed by atoms with Gasteiger partial charge < -0.3 is 9.88 Å². The first-order valence-corrected chi connectivity index (χ1v) is 6.52. The van der Waals surface area contributed by atoms with Crippen molar-refractivity contribution in [3.05, 3.63) is 39.7 Å². The molecule has 0 unspecified atom stereocenters. The predicted octanol–water partition coefficient (Wildman–Crippen LogP) is 2.47. The number of pyridine rings is 1. The van der Waals surface area contributed by atoms with Crippen LogP contribution in [0.15, 0.2) is 23.0 Å². The maximum atomic E-state index is 12.5. The molecular weight excluding hydrogens is 224 g/mol. The Labute approximate surface area is 106 Å². The summed E-state index contributed by atoms with van der Waals surface area (Å²) in [5.41, 5.74) is 4.41. The fourth-order valence-electron chi connectivity index (χ4n) is 2.73. The third-order valence-electron chi connectivity index (χ3n) is 3.79. The van der Waals surface area contributed by atoms with Crippen molar-refractivity contribution in [3.8, 4) is 0 Å². The van der Waals surface area contributed by atoms with Gasteiger partial charge in [-0.15, -0.1) is 0 Å². The first-order valence-electron chi connectivity index (χ1n) is 6.52. The minimum Gasteiger partial charge on any atom is -0.378 e. The summed E-state index contributed by atoms with van der Waals surface area (Å²) >= 11 is 0. The van der Waals surface area contributed by atoms with E-state index in [1.165, 1.54) is 6.42 Å². The molecule has 1 N–H and O–H groups in total. The van der Waals surface area contributed by atoms with Gasteiger partial charge in [-0.25, -0.2) is 0 Å². The summed E-state index contributed by atoms with van der Waals surface area (Å²) in [4.78, 5) is 18.0. The number of rotatable bonds is 1. The lowest BCUT2D eigenvalue weighted by Gasteiger charge is -2.17. The Hall–Kier alpha value is -1.77. The van der Waals surface area contributed by atoms with Crippen molar-refractivity contribution in [1.82, 2.24) is 4.98 Å². The number of aromatic amines is 1. The van der Waals surface area contributed by atoms with E-state index in [0.717, 1.165) is 47.1 Å². The minimum atomic E-state index is 0.224. The van der Waals surface area contributed by atoms with Crippen LogP contribution in [0, 0.1) is 0 Å². The first-order chi connectivity index (χ1) is 8.66. The molecule has 0 bridgehead atoms. The topological polar surface area (TPSA) is 36.1 Å². The lowest BCUT2D eigenvalue weighted by molar-refractivity contribution is 0.667. The molecule has 0 fully saturated rings. The summed E-state index contributed by atoms with van der Waals surface area (Å²) < 4.78 is 0. The van der Waals surface area contributed by atoms with Crippen LogP contribution in [-0.2, 0) is 12.8 Å². The van der Waals surface area contributed by atoms with Crippen LogP contribution in [0.2, 0.25) is 0 Å². The van der Waals surface area contributed by atoms with Gasteiger partial charge in [-0.2, -0.15) is 0 Å². The second-order valence-electron chi connectivity index (χ2n) is 5.24. The number of nitrogens with zero attached hydrogens (tertiary/aromatic N) is 1. The van der Waals surface area contributed by atoms with E-state index in [2.05, 4.69) is 4.98 Å². The summed E-state index contributed by atoms with van der Waals surface area (Å²) in [7, 11) is 3.99. The fraction of sp³-hybridized carbons (Fsp3) is 0.400. The van der Waals surface area contributed by atoms with E-state index in [1.807, 2.05) is 37.2 Å². The van der Waals surface area contributed by atoms with Gasteiger partial charge in [0, 0.05) is 41.9 Å². The molecule has 0 atom stereocenters. The van der Waals surface area contributed by atoms with Crippen LogP contribution >= 0.6 is 0 Å². The van der Waals surface area contributed by atoms with Crippen molar-refractivity contribution in [2.45, 2.75) is 25.7 Å². The van der Waals surface area contributed by atoms with E-state index in [9.17, 15) is 4.79 Å². The Morgan fingerprint density at radius 3 is 2.72 bits per heavy atom. The highest BCUT2D eigenvalue weighted by Crippen LogP contribution is 2.22. The molecule has 1 aliphatic rings. The highest BCUT2D eigenvalue weighted by Gasteiger charge is 2.15. The zero-order valence-corrected chi connectivity index (χ0v) is 10.9. The van der Waals surface area contributed by atoms with Crippen LogP contribution in [-0.4, -0.2) is 19.1 Å². The highest BCUT2D eigenvalue weighted by atomic mass is 16.1. The molecule has 1 aromatic carbocycles. The number of hydrogen-bond donors (Lipinski definition) is 1. The van der Waals surface area contributed by atoms with E-state index in [1.54, 1.807) is 0 Å². The molecule has 1 heterocycles. The largest absolute Gasteiger partial charge is 0.378 e. The maximum absolute atomic E-state index is 12.5. The number of H-pyrrole nitrogens is 1. The molecular formula is C15H18N2O. The monoisotopic (exact) mass is 242 g/mol. The van der Waals surface area contributed by atoms with Gasteiger partial charge in [-0.05, 0) is 43.9 Å². The molecule has 1 aliphatic carbocycles. The molecule has 0 saturated heterocycles. The van der Waals surface area contributed by atoms with Crippen molar-refractivity contribution in [2.75, 3.05) is 19.0 Å². The Kier molecular flexibility index (Phi) is 2.62. The molecule has 2 aromatic rings. The number of aryl methyl sites for hydroxylation is 1. The molecule has 1 aromatic heterocycles. The van der Waals surface area contributed by atoms with Crippen molar-refractivity contribution >= 4 is 16.6 Å². The second-order valence-corrected chi connectivity index (χ2v) is 5.24. The molecule has 0 radical (unpaired) electrons. The maximum Gasteiger partial charge on any atom is 0.192 e. The summed E-state index contributed by atoms with van der Waals surface area (Å²) in [6, 6.07) is 6.05. The van der Waals surface area contributed by atoms with Gasteiger partial charge in [0.1, 0.15) is 0 Å². The molecule has 94 valence electrons. The van der Waals surface area contributed by atoms with Crippen LogP contribution in [0.1, 0.15) is 24.1 Å². The lowest BCUT2D eigenvalue weighted by Crippen LogP contribution is -2.19. The zero-order valence-electron chi connectivity index (χ0n) is 10.9. The SMILES string of the molecule is CN(C)c1ccc2[nH]c3c(c(=O)c2c1)CCCC3. The van der Waals surface area contributed by atoms with Gasteiger partial charge in [0.25, 0.3) is 0 Å². The van der Waals surface area contributed by atoms with Gasteiger partial charge in [0.15, 0.2) is 5.43 Å². The van der Waals surface area contributed by atoms with Crippen LogP contribution in [0.25, 0.3) is 10.9 Å². The van der Waals surface area contributed by atoms with Crippen molar-refractivity contribution in [2.24, 2.45) is 0 Å². The average molecular weight is 242 g/mol. The Morgan fingerprint density at radius 2 is 1.94 bits per heavy atom. The summed E-state index contributed by atoms with van der Waals surface area (Å²) in [6.07, 6.45) is 4.25. The number of hydrogen-bond acceptors (Lipinski definition) is 2. The van der Waals surface area contributed by atoms with Crippen molar-refractivity contribution in [1.29, 1.82) is 0 Å². The minimum absolute atomic E-state index is 0.224. The Balaban J connectivity index is 2.29. The second kappa shape index (κ2) is 4.16. The van der Waals surface area contributed by atoms with Crippen LogP contribution in [0.3, 0.4) is 0 Å². The Morgan fingerprint density at radius 1 is 1.17 bits per heavy atom. The molecule has 0 spiro atoms. The lowest BCUT2D eigenvalue weighted by atomic mass is 9.94. The van der Waals surface area contributed by atoms with Crippen molar-refractivity contribution < 1.29 is 0 Å². The van der Waals surface area contributed by atoms with Gasteiger partial charge in [-0.1, -0.05) is 0 Å². The van der Waals surface area contributed by atoms with Crippen LogP contribution in [0.5, 0.6) is 0 Å². The quantitative estimate of drug-likeness (QED) is 0.834. The predicted molar refractivity (Wildman–Crippen MR) is 75.5 cm³/mol. The van der Waals surface area contributed by atoms with E-state index >= 15 is 0 Å². The van der Waals surface area contributed by atoms with Gasteiger partial charge in [0.05, 0.1) is 0 Å². The summed E-state index contributed by atoms with van der Waals surface area (Å²) in [6.45, 7) is 0. The number of fused-ring (bicyclic) bond motifs is 2. The standard InChI is InChI=1S/C15H18N2O/c1-17(2)10-7-8-14-12(9-10)15(18)11-5-3-4-6-13(11)16-14/h7-9H,3-6H2,1-2H3,(H,16,18). The molecule has 0 amide bonds. The first kappa shape index (κ1) is 11.3. The summed E-state index contributed by atoms with van der Waals surface area (Å²) in [5, 5.41) is 0.821. The third-order valence-corrected chi connectivity index (χ3v) is 3.79. The van der Waals surface area contributed by atoms with Gasteiger partial charge in [0.2, 0.25) is 0 Å². The molecule has 3 rings (SSSR count). The molecule has 3 nitrogen and oxygen atoms in total. The van der Waals surface area contributed by atoms with Crippen LogP contribution < -0.4 is 10.3 Å². The Bertz CT molecular complexity index is 655. The zero-order chi connectivity index (χ0) is 12.7. The molecule has 0 aliphatic heterocycles. The van der Waals surface area contributed by atoms with E-state index in [0.29, 0.717) is 0 Å². The van der Waals surface area contributed by atoms with E-state index < -0.39 is 0 Å². The van der Waals surface area contributed by atoms with E-state index in [-0.39, 0.29) is 5.43 Å². The van der Waals surface area contributed by atoms with E-state index in [4.69, 9.17) is 0 Å².